The van der Waals surface area contributed by atoms with Crippen LogP contribution in [0.25, 0.3) is 0 Å². The Balaban J connectivity index is 2.94. The first-order chi connectivity index (χ1) is 8.69. The van der Waals surface area contributed by atoms with E-state index in [1.165, 1.54) is 12.3 Å². The Kier molecular flexibility index (Phi) is 5.22. The molecule has 106 valence electrons. The number of amides is 1. The van der Waals surface area contributed by atoms with Crippen molar-refractivity contribution in [3.05, 3.63) is 22.8 Å². The highest BCUT2D eigenvalue weighted by molar-refractivity contribution is 9.10. The molecule has 7 heteroatoms. The predicted molar refractivity (Wildman–Crippen MR) is 71.5 cm³/mol. The molecule has 0 unspecified atom stereocenters. The highest BCUT2D eigenvalue weighted by Gasteiger charge is 2.26. The van der Waals surface area contributed by atoms with Gasteiger partial charge in [0.2, 0.25) is 0 Å². The van der Waals surface area contributed by atoms with Crippen LogP contribution in [-0.4, -0.2) is 29.6 Å². The number of aromatic nitrogens is 1. The fraction of sp³-hybridized carbons (Fsp3) is 0.500. The van der Waals surface area contributed by atoms with Gasteiger partial charge in [0.1, 0.15) is 11.4 Å². The van der Waals surface area contributed by atoms with Gasteiger partial charge in [-0.15, -0.1) is 0 Å². The summed E-state index contributed by atoms with van der Waals surface area (Å²) in [5.41, 5.74) is -0.757. The van der Waals surface area contributed by atoms with E-state index in [0.29, 0.717) is 4.47 Å². The normalized spacial score (nSPS) is 11.5. The lowest BCUT2D eigenvalue weighted by Gasteiger charge is -2.26. The summed E-state index contributed by atoms with van der Waals surface area (Å²) in [4.78, 5) is 16.6. The van der Waals surface area contributed by atoms with Gasteiger partial charge in [0.05, 0.1) is 6.54 Å². The van der Waals surface area contributed by atoms with E-state index >= 15 is 0 Å². The van der Waals surface area contributed by atoms with Gasteiger partial charge in [0.15, 0.2) is 0 Å². The number of ether oxygens (including phenoxy) is 1. The van der Waals surface area contributed by atoms with Gasteiger partial charge in [-0.25, -0.2) is 18.6 Å². The summed E-state index contributed by atoms with van der Waals surface area (Å²) >= 11 is 3.19. The lowest BCUT2D eigenvalue weighted by Crippen LogP contribution is -2.40. The smallest absolute Gasteiger partial charge is 0.416 e. The number of nitrogens with zero attached hydrogens (tertiary/aromatic N) is 2. The van der Waals surface area contributed by atoms with Crippen LogP contribution in [0.3, 0.4) is 0 Å². The highest BCUT2D eigenvalue weighted by Crippen LogP contribution is 2.19. The summed E-state index contributed by atoms with van der Waals surface area (Å²) < 4.78 is 30.9. The molecule has 0 aliphatic rings. The lowest BCUT2D eigenvalue weighted by atomic mass is 10.2. The number of hydrogen-bond acceptors (Lipinski definition) is 3. The van der Waals surface area contributed by atoms with Crippen molar-refractivity contribution in [3.8, 4) is 0 Å². The van der Waals surface area contributed by atoms with Crippen LogP contribution in [0.2, 0.25) is 0 Å². The van der Waals surface area contributed by atoms with Crippen molar-refractivity contribution in [2.24, 2.45) is 0 Å². The maximum atomic E-state index is 12.6. The number of anilines is 1. The first-order valence-electron chi connectivity index (χ1n) is 5.59. The molecule has 1 aromatic heterocycles. The Morgan fingerprint density at radius 2 is 2.11 bits per heavy atom. The lowest BCUT2D eigenvalue weighted by molar-refractivity contribution is 0.0542. The zero-order chi connectivity index (χ0) is 14.6. The average molecular weight is 337 g/mol. The maximum Gasteiger partial charge on any atom is 0.416 e. The van der Waals surface area contributed by atoms with Crippen LogP contribution in [-0.2, 0) is 4.74 Å². The summed E-state index contributed by atoms with van der Waals surface area (Å²) in [5.74, 6) is 0.123. The van der Waals surface area contributed by atoms with Gasteiger partial charge in [-0.1, -0.05) is 0 Å². The van der Waals surface area contributed by atoms with E-state index in [1.54, 1.807) is 26.8 Å². The Labute approximate surface area is 118 Å². The number of carbonyl (C=O) groups excluding carboxylic acids is 1. The van der Waals surface area contributed by atoms with Gasteiger partial charge in [0, 0.05) is 10.7 Å². The Bertz CT molecular complexity index is 432. The van der Waals surface area contributed by atoms with Gasteiger partial charge >= 0.3 is 6.09 Å². The molecule has 1 aromatic rings. The predicted octanol–water partition coefficient (Wildman–Crippen LogP) is 3.85. The molecule has 0 bridgehead atoms. The molecule has 0 atom stereocenters. The first kappa shape index (κ1) is 15.8. The number of carbonyl (C=O) groups is 1. The third-order valence-corrected chi connectivity index (χ3v) is 2.39. The third-order valence-electron chi connectivity index (χ3n) is 1.92. The van der Waals surface area contributed by atoms with Crippen LogP contribution in [0, 0.1) is 0 Å². The van der Waals surface area contributed by atoms with Crippen LogP contribution in [0.1, 0.15) is 20.8 Å². The monoisotopic (exact) mass is 336 g/mol. The molecular weight excluding hydrogens is 322 g/mol. The van der Waals surface area contributed by atoms with E-state index in [1.807, 2.05) is 0 Å². The van der Waals surface area contributed by atoms with Gasteiger partial charge < -0.3 is 4.74 Å². The third kappa shape index (κ3) is 5.50. The summed E-state index contributed by atoms with van der Waals surface area (Å²) in [5, 5.41) is 0. The number of rotatable bonds is 3. The summed E-state index contributed by atoms with van der Waals surface area (Å²) in [6.07, 6.45) is -2.08. The first-order valence-corrected chi connectivity index (χ1v) is 6.38. The molecule has 0 spiro atoms. The molecule has 0 aliphatic heterocycles. The minimum Gasteiger partial charge on any atom is -0.443 e. The summed E-state index contributed by atoms with van der Waals surface area (Å²) in [7, 11) is 0. The average Bonchev–Trinajstić information content (AvgIpc) is 2.24. The van der Waals surface area contributed by atoms with E-state index in [9.17, 15) is 13.6 Å². The minimum absolute atomic E-state index is 0.123. The van der Waals surface area contributed by atoms with Crippen molar-refractivity contribution < 1.29 is 18.3 Å². The standard InChI is InChI=1S/C12H15BrF2N2O2/c1-12(2,3)19-11(18)17(7-9(14)15)10-5-4-8(13)6-16-10/h4-6,9H,7H2,1-3H3. The fourth-order valence-electron chi connectivity index (χ4n) is 1.24. The minimum atomic E-state index is -2.67. The molecule has 0 N–H and O–H groups in total. The Morgan fingerprint density at radius 1 is 1.47 bits per heavy atom. The highest BCUT2D eigenvalue weighted by atomic mass is 79.9. The van der Waals surface area contributed by atoms with Crippen molar-refractivity contribution in [1.29, 1.82) is 0 Å². The second-order valence-corrected chi connectivity index (χ2v) is 5.73. The van der Waals surface area contributed by atoms with Crippen molar-refractivity contribution in [1.82, 2.24) is 4.98 Å². The number of hydrogen-bond donors (Lipinski definition) is 0. The molecule has 0 fully saturated rings. The van der Waals surface area contributed by atoms with Gasteiger partial charge in [-0.2, -0.15) is 0 Å². The largest absolute Gasteiger partial charge is 0.443 e. The van der Waals surface area contributed by atoms with E-state index in [0.717, 1.165) is 4.90 Å². The molecule has 0 saturated heterocycles. The van der Waals surface area contributed by atoms with Crippen LogP contribution >= 0.6 is 15.9 Å². The molecule has 4 nitrogen and oxygen atoms in total. The topological polar surface area (TPSA) is 42.4 Å². The quantitative estimate of drug-likeness (QED) is 0.841. The number of halogens is 3. The van der Waals surface area contributed by atoms with Crippen molar-refractivity contribution >= 4 is 27.8 Å². The molecule has 0 radical (unpaired) electrons. The molecule has 0 saturated carbocycles. The van der Waals surface area contributed by atoms with Gasteiger partial charge in [-0.05, 0) is 48.8 Å². The van der Waals surface area contributed by atoms with E-state index in [-0.39, 0.29) is 5.82 Å². The summed E-state index contributed by atoms with van der Waals surface area (Å²) in [6.45, 7) is 4.24. The SMILES string of the molecule is CC(C)(C)OC(=O)N(CC(F)F)c1ccc(Br)cn1. The Hall–Kier alpha value is -1.24. The van der Waals surface area contributed by atoms with Gasteiger partial charge in [0.25, 0.3) is 6.43 Å². The van der Waals surface area contributed by atoms with E-state index in [2.05, 4.69) is 20.9 Å². The van der Waals surface area contributed by atoms with Gasteiger partial charge in [-0.3, -0.25) is 4.90 Å². The van der Waals surface area contributed by atoms with E-state index in [4.69, 9.17) is 4.74 Å². The van der Waals surface area contributed by atoms with E-state index < -0.39 is 24.7 Å². The molecule has 0 aromatic carbocycles. The zero-order valence-electron chi connectivity index (χ0n) is 10.9. The summed E-state index contributed by atoms with van der Waals surface area (Å²) in [6, 6.07) is 3.08. The van der Waals surface area contributed by atoms with Crippen molar-refractivity contribution in [3.63, 3.8) is 0 Å². The second kappa shape index (κ2) is 6.27. The van der Waals surface area contributed by atoms with Crippen LogP contribution in [0.15, 0.2) is 22.8 Å². The molecule has 19 heavy (non-hydrogen) atoms. The second-order valence-electron chi connectivity index (χ2n) is 4.82. The zero-order valence-corrected chi connectivity index (χ0v) is 12.4. The fourth-order valence-corrected chi connectivity index (χ4v) is 1.48. The number of pyridine rings is 1. The van der Waals surface area contributed by atoms with Crippen LogP contribution < -0.4 is 4.90 Å². The Morgan fingerprint density at radius 3 is 2.53 bits per heavy atom. The van der Waals surface area contributed by atoms with Crippen LogP contribution in [0.5, 0.6) is 0 Å². The van der Waals surface area contributed by atoms with Crippen molar-refractivity contribution in [2.45, 2.75) is 32.8 Å². The molecule has 1 heterocycles. The van der Waals surface area contributed by atoms with Crippen LogP contribution in [0.4, 0.5) is 19.4 Å². The molecule has 1 amide bonds. The molecule has 1 rings (SSSR count). The van der Waals surface area contributed by atoms with Crippen molar-refractivity contribution in [2.75, 3.05) is 11.4 Å². The maximum absolute atomic E-state index is 12.6. The number of alkyl halides is 2. The molecule has 0 aliphatic carbocycles. The molecular formula is C12H15BrF2N2O2.